The number of sulfonamides is 1. The maximum absolute atomic E-state index is 12.0. The van der Waals surface area contributed by atoms with Gasteiger partial charge in [-0.05, 0) is 39.0 Å². The molecule has 20 heavy (non-hydrogen) atoms. The Hall–Kier alpha value is -0.180. The molecule has 0 aromatic rings. The lowest BCUT2D eigenvalue weighted by molar-refractivity contribution is 0.189. The molecule has 1 aliphatic rings. The SMILES string of the molecule is CCCS(=O)(=O)OCC1CCN(S(=O)(=O)C(C)C)CC1. The summed E-state index contributed by atoms with van der Waals surface area (Å²) in [5.74, 6) is 0.147. The quantitative estimate of drug-likeness (QED) is 0.656. The van der Waals surface area contributed by atoms with E-state index in [2.05, 4.69) is 0 Å². The van der Waals surface area contributed by atoms with Gasteiger partial charge in [0.1, 0.15) is 0 Å². The minimum absolute atomic E-state index is 0.0353. The topological polar surface area (TPSA) is 80.8 Å². The summed E-state index contributed by atoms with van der Waals surface area (Å²) in [5, 5.41) is -0.416. The third-order valence-electron chi connectivity index (χ3n) is 3.47. The number of nitrogens with zero attached hydrogens (tertiary/aromatic N) is 1. The second-order valence-electron chi connectivity index (χ2n) is 5.48. The van der Waals surface area contributed by atoms with Crippen LogP contribution in [0.4, 0.5) is 0 Å². The monoisotopic (exact) mass is 327 g/mol. The molecule has 0 bridgehead atoms. The molecule has 0 unspecified atom stereocenters. The average molecular weight is 327 g/mol. The molecule has 0 aliphatic carbocycles. The molecule has 1 aliphatic heterocycles. The van der Waals surface area contributed by atoms with E-state index in [0.29, 0.717) is 32.4 Å². The first-order chi connectivity index (χ1) is 9.19. The highest BCUT2D eigenvalue weighted by atomic mass is 32.2. The zero-order valence-corrected chi connectivity index (χ0v) is 14.0. The highest BCUT2D eigenvalue weighted by Gasteiger charge is 2.30. The van der Waals surface area contributed by atoms with Crippen molar-refractivity contribution in [3.05, 3.63) is 0 Å². The lowest BCUT2D eigenvalue weighted by atomic mass is 10.00. The molecule has 1 rings (SSSR count). The summed E-state index contributed by atoms with van der Waals surface area (Å²) in [7, 11) is -6.62. The van der Waals surface area contributed by atoms with Gasteiger partial charge in [0.15, 0.2) is 0 Å². The van der Waals surface area contributed by atoms with E-state index in [1.807, 2.05) is 0 Å². The molecule has 0 amide bonds. The van der Waals surface area contributed by atoms with Crippen molar-refractivity contribution in [1.82, 2.24) is 4.31 Å². The van der Waals surface area contributed by atoms with Gasteiger partial charge in [-0.25, -0.2) is 12.7 Å². The normalized spacial score (nSPS) is 19.6. The van der Waals surface area contributed by atoms with E-state index < -0.39 is 25.4 Å². The van der Waals surface area contributed by atoms with Crippen molar-refractivity contribution in [1.29, 1.82) is 0 Å². The van der Waals surface area contributed by atoms with Crippen LogP contribution in [0.2, 0.25) is 0 Å². The molecule has 0 aromatic heterocycles. The van der Waals surface area contributed by atoms with Crippen molar-refractivity contribution >= 4 is 20.1 Å². The number of piperidine rings is 1. The van der Waals surface area contributed by atoms with Gasteiger partial charge >= 0.3 is 0 Å². The van der Waals surface area contributed by atoms with Crippen LogP contribution >= 0.6 is 0 Å². The molecule has 0 spiro atoms. The van der Waals surface area contributed by atoms with Crippen LogP contribution in [0.5, 0.6) is 0 Å². The lowest BCUT2D eigenvalue weighted by Gasteiger charge is -2.32. The first kappa shape index (κ1) is 17.9. The van der Waals surface area contributed by atoms with Crippen LogP contribution in [0.1, 0.15) is 40.0 Å². The van der Waals surface area contributed by atoms with Crippen molar-refractivity contribution in [2.75, 3.05) is 25.4 Å². The molecule has 0 N–H and O–H groups in total. The first-order valence-electron chi connectivity index (χ1n) is 7.05. The number of hydrogen-bond acceptors (Lipinski definition) is 5. The molecule has 6 nitrogen and oxygen atoms in total. The second-order valence-corrected chi connectivity index (χ2v) is 9.73. The molecule has 0 saturated carbocycles. The van der Waals surface area contributed by atoms with Gasteiger partial charge in [-0.15, -0.1) is 0 Å². The van der Waals surface area contributed by atoms with Gasteiger partial charge in [0, 0.05) is 13.1 Å². The molecular formula is C12H25NO5S2. The zero-order chi connectivity index (χ0) is 15.4. The van der Waals surface area contributed by atoms with E-state index in [9.17, 15) is 16.8 Å². The molecule has 1 saturated heterocycles. The minimum Gasteiger partial charge on any atom is -0.270 e. The van der Waals surface area contributed by atoms with Gasteiger partial charge in [-0.1, -0.05) is 6.92 Å². The van der Waals surface area contributed by atoms with Gasteiger partial charge in [0.05, 0.1) is 17.6 Å². The summed E-state index contributed by atoms with van der Waals surface area (Å²) in [5.41, 5.74) is 0. The fourth-order valence-corrected chi connectivity index (χ4v) is 4.47. The Morgan fingerprint density at radius 2 is 1.70 bits per heavy atom. The van der Waals surface area contributed by atoms with Gasteiger partial charge in [-0.2, -0.15) is 8.42 Å². The molecule has 0 atom stereocenters. The summed E-state index contributed by atoms with van der Waals surface area (Å²) in [4.78, 5) is 0. The Balaban J connectivity index is 2.44. The van der Waals surface area contributed by atoms with Crippen molar-refractivity contribution in [2.24, 2.45) is 5.92 Å². The minimum atomic E-state index is -3.42. The van der Waals surface area contributed by atoms with Gasteiger partial charge in [-0.3, -0.25) is 4.18 Å². The molecule has 8 heteroatoms. The van der Waals surface area contributed by atoms with E-state index in [-0.39, 0.29) is 18.3 Å². The smallest absolute Gasteiger partial charge is 0.267 e. The van der Waals surface area contributed by atoms with Crippen molar-refractivity contribution in [3.8, 4) is 0 Å². The van der Waals surface area contributed by atoms with Crippen LogP contribution in [0, 0.1) is 5.92 Å². The Morgan fingerprint density at radius 3 is 2.15 bits per heavy atom. The molecule has 1 heterocycles. The number of hydrogen-bond donors (Lipinski definition) is 0. The largest absolute Gasteiger partial charge is 0.270 e. The average Bonchev–Trinajstić information content (AvgIpc) is 2.37. The maximum Gasteiger partial charge on any atom is 0.267 e. The maximum atomic E-state index is 12.0. The fourth-order valence-electron chi connectivity index (χ4n) is 2.14. The highest BCUT2D eigenvalue weighted by molar-refractivity contribution is 7.89. The number of rotatable bonds is 7. The summed E-state index contributed by atoms with van der Waals surface area (Å²) in [6.45, 7) is 6.18. The van der Waals surface area contributed by atoms with Crippen molar-refractivity contribution in [3.63, 3.8) is 0 Å². The summed E-state index contributed by atoms with van der Waals surface area (Å²) in [6.07, 6.45) is 1.83. The molecular weight excluding hydrogens is 302 g/mol. The summed E-state index contributed by atoms with van der Waals surface area (Å²) in [6, 6.07) is 0. The van der Waals surface area contributed by atoms with Crippen molar-refractivity contribution < 1.29 is 21.0 Å². The third kappa shape index (κ3) is 4.98. The Morgan fingerprint density at radius 1 is 1.15 bits per heavy atom. The van der Waals surface area contributed by atoms with Crippen LogP contribution in [-0.4, -0.2) is 51.8 Å². The van der Waals surface area contributed by atoms with Crippen LogP contribution < -0.4 is 0 Å². The summed E-state index contributed by atoms with van der Waals surface area (Å²) >= 11 is 0. The standard InChI is InChI=1S/C12H25NO5S2/c1-4-9-19(14,15)18-10-12-5-7-13(8-6-12)20(16,17)11(2)3/h11-12H,4-10H2,1-3H3. The molecule has 1 fully saturated rings. The van der Waals surface area contributed by atoms with E-state index >= 15 is 0 Å². The van der Waals surface area contributed by atoms with Crippen molar-refractivity contribution in [2.45, 2.75) is 45.3 Å². The second kappa shape index (κ2) is 7.20. The molecule has 120 valence electrons. The molecule has 0 radical (unpaired) electrons. The third-order valence-corrected chi connectivity index (χ3v) is 7.15. The summed E-state index contributed by atoms with van der Waals surface area (Å²) < 4.78 is 53.4. The van der Waals surface area contributed by atoms with Crippen LogP contribution in [-0.2, 0) is 24.3 Å². The Bertz CT molecular complexity index is 490. The first-order valence-corrected chi connectivity index (χ1v) is 10.1. The lowest BCUT2D eigenvalue weighted by Crippen LogP contribution is -2.42. The van der Waals surface area contributed by atoms with E-state index in [0.717, 1.165) is 0 Å². The van der Waals surface area contributed by atoms with Gasteiger partial charge in [0.25, 0.3) is 10.1 Å². The van der Waals surface area contributed by atoms with Gasteiger partial charge < -0.3 is 0 Å². The Labute approximate surface area is 122 Å². The van der Waals surface area contributed by atoms with Crippen LogP contribution in [0.3, 0.4) is 0 Å². The highest BCUT2D eigenvalue weighted by Crippen LogP contribution is 2.22. The zero-order valence-electron chi connectivity index (χ0n) is 12.4. The predicted molar refractivity (Wildman–Crippen MR) is 78.4 cm³/mol. The van der Waals surface area contributed by atoms with E-state index in [1.165, 1.54) is 4.31 Å². The molecule has 0 aromatic carbocycles. The van der Waals surface area contributed by atoms with E-state index in [4.69, 9.17) is 4.18 Å². The fraction of sp³-hybridized carbons (Fsp3) is 1.00. The van der Waals surface area contributed by atoms with Gasteiger partial charge in [0.2, 0.25) is 10.0 Å². The van der Waals surface area contributed by atoms with E-state index in [1.54, 1.807) is 20.8 Å². The van der Waals surface area contributed by atoms with Crippen LogP contribution in [0.25, 0.3) is 0 Å². The predicted octanol–water partition coefficient (Wildman–Crippen LogP) is 1.19. The van der Waals surface area contributed by atoms with Crippen LogP contribution in [0.15, 0.2) is 0 Å². The Kier molecular flexibility index (Phi) is 6.43.